The SMILES string of the molecule is CC[C@@H](C)NC(=O)/C=C/c1ccc(F)cc1. The van der Waals surface area contributed by atoms with Gasteiger partial charge in [-0.2, -0.15) is 0 Å². The lowest BCUT2D eigenvalue weighted by Gasteiger charge is -2.08. The van der Waals surface area contributed by atoms with E-state index in [2.05, 4.69) is 5.32 Å². The average Bonchev–Trinajstić information content (AvgIpc) is 2.28. The molecule has 1 amide bonds. The third-order valence-corrected chi connectivity index (χ3v) is 2.30. The fraction of sp³-hybridized carbons (Fsp3) is 0.308. The van der Waals surface area contributed by atoms with Crippen molar-refractivity contribution < 1.29 is 9.18 Å². The molecule has 1 rings (SSSR count). The first-order chi connectivity index (χ1) is 7.61. The lowest BCUT2D eigenvalue weighted by Crippen LogP contribution is -2.30. The Morgan fingerprint density at radius 1 is 1.44 bits per heavy atom. The molecule has 0 radical (unpaired) electrons. The van der Waals surface area contributed by atoms with Gasteiger partial charge in [-0.05, 0) is 37.1 Å². The Hall–Kier alpha value is -1.64. The molecule has 0 aliphatic rings. The Labute approximate surface area is 95.2 Å². The van der Waals surface area contributed by atoms with Gasteiger partial charge in [0.05, 0.1) is 0 Å². The van der Waals surface area contributed by atoms with Gasteiger partial charge in [0.25, 0.3) is 0 Å². The number of benzene rings is 1. The molecule has 0 fully saturated rings. The number of rotatable bonds is 4. The lowest BCUT2D eigenvalue weighted by atomic mass is 10.2. The van der Waals surface area contributed by atoms with Gasteiger partial charge >= 0.3 is 0 Å². The van der Waals surface area contributed by atoms with Crippen LogP contribution in [0.25, 0.3) is 6.08 Å². The van der Waals surface area contributed by atoms with Gasteiger partial charge in [0.1, 0.15) is 5.82 Å². The van der Waals surface area contributed by atoms with Crippen LogP contribution in [-0.4, -0.2) is 11.9 Å². The highest BCUT2D eigenvalue weighted by Crippen LogP contribution is 2.04. The summed E-state index contributed by atoms with van der Waals surface area (Å²) in [6.07, 6.45) is 4.02. The molecular formula is C13H16FNO. The van der Waals surface area contributed by atoms with E-state index in [0.717, 1.165) is 12.0 Å². The van der Waals surface area contributed by atoms with Crippen LogP contribution >= 0.6 is 0 Å². The van der Waals surface area contributed by atoms with Crippen molar-refractivity contribution in [1.29, 1.82) is 0 Å². The fourth-order valence-electron chi connectivity index (χ4n) is 1.14. The second-order valence-corrected chi connectivity index (χ2v) is 3.70. The first kappa shape index (κ1) is 12.4. The van der Waals surface area contributed by atoms with Gasteiger partial charge in [0.2, 0.25) is 5.91 Å². The second kappa shape index (κ2) is 6.05. The quantitative estimate of drug-likeness (QED) is 0.778. The summed E-state index contributed by atoms with van der Waals surface area (Å²) in [5.74, 6) is -0.403. The number of hydrogen-bond donors (Lipinski definition) is 1. The van der Waals surface area contributed by atoms with E-state index >= 15 is 0 Å². The highest BCUT2D eigenvalue weighted by molar-refractivity contribution is 5.91. The normalized spacial score (nSPS) is 12.7. The molecule has 0 saturated heterocycles. The largest absolute Gasteiger partial charge is 0.350 e. The van der Waals surface area contributed by atoms with Crippen molar-refractivity contribution in [3.05, 3.63) is 41.7 Å². The summed E-state index contributed by atoms with van der Waals surface area (Å²) in [6, 6.07) is 6.16. The van der Waals surface area contributed by atoms with Crippen LogP contribution in [0.3, 0.4) is 0 Å². The molecule has 1 aromatic rings. The molecule has 0 saturated carbocycles. The van der Waals surface area contributed by atoms with Crippen molar-refractivity contribution in [3.8, 4) is 0 Å². The number of nitrogens with one attached hydrogen (secondary N) is 1. The summed E-state index contributed by atoms with van der Waals surface area (Å²) in [4.78, 5) is 11.4. The second-order valence-electron chi connectivity index (χ2n) is 3.70. The van der Waals surface area contributed by atoms with Gasteiger partial charge in [-0.25, -0.2) is 4.39 Å². The summed E-state index contributed by atoms with van der Waals surface area (Å²) in [5.41, 5.74) is 0.806. The van der Waals surface area contributed by atoms with Crippen LogP contribution < -0.4 is 5.32 Å². The first-order valence-corrected chi connectivity index (χ1v) is 5.36. The Bertz CT molecular complexity index is 370. The zero-order chi connectivity index (χ0) is 12.0. The Kier molecular flexibility index (Phi) is 4.70. The van der Waals surface area contributed by atoms with Crippen molar-refractivity contribution in [2.45, 2.75) is 26.3 Å². The highest BCUT2D eigenvalue weighted by Gasteiger charge is 2.00. The summed E-state index contributed by atoms with van der Waals surface area (Å²) < 4.78 is 12.6. The van der Waals surface area contributed by atoms with E-state index in [4.69, 9.17) is 0 Å². The molecule has 0 aromatic heterocycles. The molecule has 0 spiro atoms. The standard InChI is InChI=1S/C13H16FNO/c1-3-10(2)15-13(16)9-6-11-4-7-12(14)8-5-11/h4-10H,3H2,1-2H3,(H,15,16)/b9-6+/t10-/m1/s1. The summed E-state index contributed by atoms with van der Waals surface area (Å²) >= 11 is 0. The highest BCUT2D eigenvalue weighted by atomic mass is 19.1. The number of carbonyl (C=O) groups is 1. The average molecular weight is 221 g/mol. The van der Waals surface area contributed by atoms with E-state index in [1.807, 2.05) is 13.8 Å². The van der Waals surface area contributed by atoms with Gasteiger partial charge in [-0.3, -0.25) is 4.79 Å². The monoisotopic (exact) mass is 221 g/mol. The molecule has 2 nitrogen and oxygen atoms in total. The van der Waals surface area contributed by atoms with E-state index in [9.17, 15) is 9.18 Å². The van der Waals surface area contributed by atoms with Crippen LogP contribution in [0.15, 0.2) is 30.3 Å². The van der Waals surface area contributed by atoms with E-state index in [1.54, 1.807) is 18.2 Å². The van der Waals surface area contributed by atoms with Crippen LogP contribution in [-0.2, 0) is 4.79 Å². The molecular weight excluding hydrogens is 205 g/mol. The number of hydrogen-bond acceptors (Lipinski definition) is 1. The van der Waals surface area contributed by atoms with Crippen LogP contribution in [0.2, 0.25) is 0 Å². The molecule has 0 bridgehead atoms. The van der Waals surface area contributed by atoms with Gasteiger partial charge in [-0.15, -0.1) is 0 Å². The molecule has 1 atom stereocenters. The van der Waals surface area contributed by atoms with Gasteiger partial charge in [0.15, 0.2) is 0 Å². The maximum absolute atomic E-state index is 12.6. The van der Waals surface area contributed by atoms with E-state index in [-0.39, 0.29) is 17.8 Å². The molecule has 1 N–H and O–H groups in total. The minimum Gasteiger partial charge on any atom is -0.350 e. The predicted octanol–water partition coefficient (Wildman–Crippen LogP) is 2.75. The number of halogens is 1. The zero-order valence-electron chi connectivity index (χ0n) is 9.53. The lowest BCUT2D eigenvalue weighted by molar-refractivity contribution is -0.117. The van der Waals surface area contributed by atoms with Crippen molar-refractivity contribution in [2.75, 3.05) is 0 Å². The Morgan fingerprint density at radius 2 is 2.06 bits per heavy atom. The Morgan fingerprint density at radius 3 is 2.62 bits per heavy atom. The van der Waals surface area contributed by atoms with Crippen molar-refractivity contribution in [1.82, 2.24) is 5.32 Å². The third kappa shape index (κ3) is 4.26. The molecule has 0 aliphatic carbocycles. The fourth-order valence-corrected chi connectivity index (χ4v) is 1.14. The minimum atomic E-state index is -0.277. The van der Waals surface area contributed by atoms with E-state index in [0.29, 0.717) is 0 Å². The maximum Gasteiger partial charge on any atom is 0.244 e. The van der Waals surface area contributed by atoms with Crippen LogP contribution in [0, 0.1) is 5.82 Å². The van der Waals surface area contributed by atoms with Crippen molar-refractivity contribution in [3.63, 3.8) is 0 Å². The number of carbonyl (C=O) groups excluding carboxylic acids is 1. The first-order valence-electron chi connectivity index (χ1n) is 5.36. The molecule has 0 unspecified atom stereocenters. The molecule has 1 aromatic carbocycles. The third-order valence-electron chi connectivity index (χ3n) is 2.30. The van der Waals surface area contributed by atoms with Gasteiger partial charge < -0.3 is 5.32 Å². The predicted molar refractivity (Wildman–Crippen MR) is 63.3 cm³/mol. The summed E-state index contributed by atoms with van der Waals surface area (Å²) in [5, 5.41) is 2.81. The van der Waals surface area contributed by atoms with Gasteiger partial charge in [-0.1, -0.05) is 19.1 Å². The van der Waals surface area contributed by atoms with Crippen LogP contribution in [0.5, 0.6) is 0 Å². The van der Waals surface area contributed by atoms with Gasteiger partial charge in [0, 0.05) is 12.1 Å². The Balaban J connectivity index is 2.53. The summed E-state index contributed by atoms with van der Waals surface area (Å²) in [6.45, 7) is 3.96. The zero-order valence-corrected chi connectivity index (χ0v) is 9.53. The smallest absolute Gasteiger partial charge is 0.244 e. The maximum atomic E-state index is 12.6. The van der Waals surface area contributed by atoms with Crippen molar-refractivity contribution in [2.24, 2.45) is 0 Å². The molecule has 0 aliphatic heterocycles. The molecule has 86 valence electrons. The molecule has 16 heavy (non-hydrogen) atoms. The van der Waals surface area contributed by atoms with Crippen LogP contribution in [0.1, 0.15) is 25.8 Å². The number of amides is 1. The summed E-state index contributed by atoms with van der Waals surface area (Å²) in [7, 11) is 0. The topological polar surface area (TPSA) is 29.1 Å². The van der Waals surface area contributed by atoms with E-state index < -0.39 is 0 Å². The molecule has 3 heteroatoms. The van der Waals surface area contributed by atoms with E-state index in [1.165, 1.54) is 18.2 Å². The van der Waals surface area contributed by atoms with Crippen LogP contribution in [0.4, 0.5) is 4.39 Å². The molecule has 0 heterocycles. The van der Waals surface area contributed by atoms with Crippen molar-refractivity contribution >= 4 is 12.0 Å². The minimum absolute atomic E-state index is 0.126.